The minimum atomic E-state index is -0.545. The lowest BCUT2D eigenvalue weighted by molar-refractivity contribution is -0.121. The molecule has 0 spiro atoms. The molecule has 1 fully saturated rings. The fourth-order valence-corrected chi connectivity index (χ4v) is 2.93. The maximum Gasteiger partial charge on any atom is 0.410 e. The van der Waals surface area contributed by atoms with E-state index < -0.39 is 5.60 Å². The maximum absolute atomic E-state index is 12.5. The number of carbonyl (C=O) groups is 2. The Kier molecular flexibility index (Phi) is 6.30. The van der Waals surface area contributed by atoms with Crippen LogP contribution in [0.25, 0.3) is 0 Å². The van der Waals surface area contributed by atoms with Crippen LogP contribution < -0.4 is 5.32 Å². The molecular weight excluding hydrogens is 445 g/mol. The van der Waals surface area contributed by atoms with Crippen LogP contribution in [0.3, 0.4) is 0 Å². The minimum absolute atomic E-state index is 0.145. The minimum Gasteiger partial charge on any atom is -0.444 e. The van der Waals surface area contributed by atoms with Gasteiger partial charge < -0.3 is 15.0 Å². The lowest BCUT2D eigenvalue weighted by atomic mass is 9.97. The summed E-state index contributed by atoms with van der Waals surface area (Å²) in [5.74, 6) is 0.0403. The summed E-state index contributed by atoms with van der Waals surface area (Å²) >= 11 is 8.01. The first kappa shape index (κ1) is 19.2. The van der Waals surface area contributed by atoms with E-state index >= 15 is 0 Å². The summed E-state index contributed by atoms with van der Waals surface area (Å²) < 4.78 is 6.20. The molecule has 1 aliphatic heterocycles. The Hall–Kier alpha value is -1.09. The number of nitrogens with zero attached hydrogens (tertiary/aromatic N) is 2. The number of piperidine rings is 1. The Balaban J connectivity index is 1.97. The molecular formula is C16H21ClIN3O3. The predicted molar refractivity (Wildman–Crippen MR) is 101 cm³/mol. The van der Waals surface area contributed by atoms with Crippen molar-refractivity contribution in [1.29, 1.82) is 0 Å². The molecule has 0 saturated carbocycles. The number of halogens is 2. The lowest BCUT2D eigenvalue weighted by Gasteiger charge is -2.33. The van der Waals surface area contributed by atoms with Crippen LogP contribution in [0.4, 0.5) is 10.6 Å². The molecule has 2 amide bonds. The summed E-state index contributed by atoms with van der Waals surface area (Å²) in [5.41, 5.74) is -0.545. The number of nitrogens with one attached hydrogen (secondary N) is 1. The van der Waals surface area contributed by atoms with Gasteiger partial charge in [-0.2, -0.15) is 0 Å². The Labute approximate surface area is 160 Å². The first-order valence-corrected chi connectivity index (χ1v) is 9.21. The summed E-state index contributed by atoms with van der Waals surface area (Å²) in [6.45, 7) is 6.44. The highest BCUT2D eigenvalue weighted by Gasteiger charge is 2.31. The summed E-state index contributed by atoms with van der Waals surface area (Å²) in [5, 5.41) is 3.34. The van der Waals surface area contributed by atoms with Gasteiger partial charge in [-0.15, -0.1) is 0 Å². The van der Waals surface area contributed by atoms with Crippen molar-refractivity contribution in [3.05, 3.63) is 20.9 Å². The van der Waals surface area contributed by atoms with E-state index in [4.69, 9.17) is 16.3 Å². The molecule has 0 bridgehead atoms. The molecule has 1 unspecified atom stereocenters. The second-order valence-electron chi connectivity index (χ2n) is 6.74. The molecule has 1 saturated heterocycles. The van der Waals surface area contributed by atoms with Gasteiger partial charge in [0.15, 0.2) is 0 Å². The van der Waals surface area contributed by atoms with Crippen molar-refractivity contribution >= 4 is 52.0 Å². The van der Waals surface area contributed by atoms with Gasteiger partial charge >= 0.3 is 6.09 Å². The highest BCUT2D eigenvalue weighted by atomic mass is 127. The van der Waals surface area contributed by atoms with Crippen molar-refractivity contribution in [2.45, 2.75) is 39.2 Å². The number of anilines is 1. The number of hydrogen-bond acceptors (Lipinski definition) is 4. The molecule has 1 aliphatic rings. The Morgan fingerprint density at radius 1 is 1.46 bits per heavy atom. The average molecular weight is 466 g/mol. The largest absolute Gasteiger partial charge is 0.444 e. The normalized spacial score (nSPS) is 18.2. The Bertz CT molecular complexity index is 633. The van der Waals surface area contributed by atoms with E-state index in [2.05, 4.69) is 32.9 Å². The molecule has 24 heavy (non-hydrogen) atoms. The topological polar surface area (TPSA) is 71.5 Å². The van der Waals surface area contributed by atoms with Gasteiger partial charge in [0.05, 0.1) is 10.9 Å². The number of likely N-dealkylation sites (tertiary alicyclic amines) is 1. The van der Waals surface area contributed by atoms with Gasteiger partial charge in [0.25, 0.3) is 0 Å². The third kappa shape index (κ3) is 5.47. The number of ether oxygens (including phenoxy) is 1. The van der Waals surface area contributed by atoms with Crippen LogP contribution >= 0.6 is 34.2 Å². The first-order valence-electron chi connectivity index (χ1n) is 7.75. The molecule has 0 aliphatic carbocycles. The van der Waals surface area contributed by atoms with Crippen molar-refractivity contribution in [3.8, 4) is 0 Å². The summed E-state index contributed by atoms with van der Waals surface area (Å²) in [4.78, 5) is 30.3. The summed E-state index contributed by atoms with van der Waals surface area (Å²) in [6, 6.07) is 1.72. The first-order chi connectivity index (χ1) is 11.2. The third-order valence-corrected chi connectivity index (χ3v) is 5.02. The van der Waals surface area contributed by atoms with Crippen molar-refractivity contribution in [3.63, 3.8) is 0 Å². The molecule has 1 N–H and O–H groups in total. The number of rotatable bonds is 2. The second-order valence-corrected chi connectivity index (χ2v) is 8.31. The van der Waals surface area contributed by atoms with Crippen molar-refractivity contribution in [2.75, 3.05) is 18.4 Å². The SMILES string of the molecule is CC(C)(C)OC(=O)N1CCCC(C(=O)Nc2cc(I)c(Cl)cn2)C1. The molecule has 6 nitrogen and oxygen atoms in total. The van der Waals surface area contributed by atoms with Crippen LogP contribution in [0.15, 0.2) is 12.3 Å². The van der Waals surface area contributed by atoms with E-state index in [1.807, 2.05) is 20.8 Å². The van der Waals surface area contributed by atoms with Gasteiger partial charge in [-0.05, 0) is 62.3 Å². The zero-order valence-electron chi connectivity index (χ0n) is 13.9. The number of carbonyl (C=O) groups excluding carboxylic acids is 2. The average Bonchev–Trinajstić information content (AvgIpc) is 2.49. The van der Waals surface area contributed by atoms with Crippen LogP contribution in [0, 0.1) is 9.49 Å². The van der Waals surface area contributed by atoms with Crippen molar-refractivity contribution < 1.29 is 14.3 Å². The standard InChI is InChI=1S/C16H21ClIN3O3/c1-16(2,3)24-15(23)21-6-4-5-10(9-21)14(22)20-13-7-12(18)11(17)8-19-13/h7-8,10H,4-6,9H2,1-3H3,(H,19,20,22). The second kappa shape index (κ2) is 7.86. The smallest absolute Gasteiger partial charge is 0.410 e. The van der Waals surface area contributed by atoms with Gasteiger partial charge in [-0.1, -0.05) is 11.6 Å². The van der Waals surface area contributed by atoms with E-state index in [0.29, 0.717) is 23.9 Å². The highest BCUT2D eigenvalue weighted by molar-refractivity contribution is 14.1. The Morgan fingerprint density at radius 2 is 2.17 bits per heavy atom. The molecule has 0 aromatic carbocycles. The van der Waals surface area contributed by atoms with E-state index in [1.165, 1.54) is 6.20 Å². The molecule has 1 aromatic rings. The van der Waals surface area contributed by atoms with Crippen LogP contribution in [-0.2, 0) is 9.53 Å². The number of aromatic nitrogens is 1. The van der Waals surface area contributed by atoms with Crippen molar-refractivity contribution in [2.24, 2.45) is 5.92 Å². The zero-order valence-corrected chi connectivity index (χ0v) is 16.8. The number of hydrogen-bond donors (Lipinski definition) is 1. The summed E-state index contributed by atoms with van der Waals surface area (Å²) in [7, 11) is 0. The van der Waals surface area contributed by atoms with E-state index in [1.54, 1.807) is 11.0 Å². The predicted octanol–water partition coefficient (Wildman–Crippen LogP) is 3.93. The van der Waals surface area contributed by atoms with Gasteiger partial charge in [0, 0.05) is 22.9 Å². The third-order valence-electron chi connectivity index (χ3n) is 3.50. The highest BCUT2D eigenvalue weighted by Crippen LogP contribution is 2.23. The fourth-order valence-electron chi connectivity index (χ4n) is 2.39. The van der Waals surface area contributed by atoms with Gasteiger partial charge in [0.2, 0.25) is 5.91 Å². The van der Waals surface area contributed by atoms with E-state index in [9.17, 15) is 9.59 Å². The van der Waals surface area contributed by atoms with E-state index in [-0.39, 0.29) is 17.9 Å². The maximum atomic E-state index is 12.5. The van der Waals surface area contributed by atoms with Gasteiger partial charge in [-0.3, -0.25) is 4.79 Å². The molecule has 2 heterocycles. The molecule has 132 valence electrons. The zero-order chi connectivity index (χ0) is 17.9. The summed E-state index contributed by atoms with van der Waals surface area (Å²) in [6.07, 6.45) is 2.63. The molecule has 0 radical (unpaired) electrons. The quantitative estimate of drug-likeness (QED) is 0.672. The number of amides is 2. The molecule has 1 atom stereocenters. The molecule has 2 rings (SSSR count). The van der Waals surface area contributed by atoms with Gasteiger partial charge in [0.1, 0.15) is 11.4 Å². The molecule has 8 heteroatoms. The lowest BCUT2D eigenvalue weighted by Crippen LogP contribution is -2.45. The fraction of sp³-hybridized carbons (Fsp3) is 0.562. The van der Waals surface area contributed by atoms with Crippen LogP contribution in [-0.4, -0.2) is 40.6 Å². The van der Waals surface area contributed by atoms with Crippen LogP contribution in [0.2, 0.25) is 5.02 Å². The monoisotopic (exact) mass is 465 g/mol. The van der Waals surface area contributed by atoms with E-state index in [0.717, 1.165) is 16.4 Å². The van der Waals surface area contributed by atoms with Crippen LogP contribution in [0.1, 0.15) is 33.6 Å². The Morgan fingerprint density at radius 3 is 2.79 bits per heavy atom. The van der Waals surface area contributed by atoms with Gasteiger partial charge in [-0.25, -0.2) is 9.78 Å². The molecule has 1 aromatic heterocycles. The van der Waals surface area contributed by atoms with Crippen molar-refractivity contribution in [1.82, 2.24) is 9.88 Å². The number of pyridine rings is 1. The van der Waals surface area contributed by atoms with Crippen LogP contribution in [0.5, 0.6) is 0 Å².